The molecular weight excluding hydrogens is 560 g/mol. The first-order valence-electron chi connectivity index (χ1n) is 13.3. The van der Waals surface area contributed by atoms with Gasteiger partial charge in [0.1, 0.15) is 11.8 Å². The molecule has 2 fully saturated rings. The molecule has 3 aliphatic rings. The van der Waals surface area contributed by atoms with Gasteiger partial charge in [-0.1, -0.05) is 34.6 Å². The summed E-state index contributed by atoms with van der Waals surface area (Å²) in [6, 6.07) is 11.5. The van der Waals surface area contributed by atoms with Gasteiger partial charge in [-0.25, -0.2) is 0 Å². The summed E-state index contributed by atoms with van der Waals surface area (Å²) in [4.78, 5) is 45.2. The minimum absolute atomic E-state index is 0.0224. The molecule has 39 heavy (non-hydrogen) atoms. The molecule has 3 amide bonds. The number of rotatable bonds is 5. The first-order valence-corrected chi connectivity index (χ1v) is 14.1. The van der Waals surface area contributed by atoms with Gasteiger partial charge in [-0.05, 0) is 55.7 Å². The second-order valence-electron chi connectivity index (χ2n) is 10.5. The lowest BCUT2D eigenvalue weighted by atomic mass is 9.97. The Balaban J connectivity index is 1.32. The third-order valence-electron chi connectivity index (χ3n) is 8.47. The Hall–Kier alpha value is -3.59. The number of hydrogen-bond acceptors (Lipinski definition) is 4. The van der Waals surface area contributed by atoms with Crippen LogP contribution in [0, 0.1) is 6.92 Å². The maximum atomic E-state index is 14.1. The zero-order chi connectivity index (χ0) is 27.4. The summed E-state index contributed by atoms with van der Waals surface area (Å²) in [5.41, 5.74) is 4.60. The van der Waals surface area contributed by atoms with Crippen molar-refractivity contribution in [1.82, 2.24) is 19.3 Å². The fourth-order valence-electron chi connectivity index (χ4n) is 6.43. The molecule has 1 aromatic heterocycles. The lowest BCUT2D eigenvalue weighted by Gasteiger charge is -2.43. The van der Waals surface area contributed by atoms with Crippen molar-refractivity contribution >= 4 is 44.6 Å². The van der Waals surface area contributed by atoms with E-state index in [-0.39, 0.29) is 29.8 Å². The van der Waals surface area contributed by atoms with Gasteiger partial charge >= 0.3 is 0 Å². The number of halogens is 1. The molecule has 8 nitrogen and oxygen atoms in total. The van der Waals surface area contributed by atoms with E-state index in [4.69, 9.17) is 4.74 Å². The fraction of sp³-hybridized carbons (Fsp3) is 0.367. The average Bonchev–Trinajstić information content (AvgIpc) is 3.41. The van der Waals surface area contributed by atoms with Gasteiger partial charge in [0.05, 0.1) is 18.7 Å². The summed E-state index contributed by atoms with van der Waals surface area (Å²) in [7, 11) is 1.68. The van der Waals surface area contributed by atoms with E-state index in [2.05, 4.69) is 33.1 Å². The number of likely N-dealkylation sites (tertiary alicyclic amines) is 2. The van der Waals surface area contributed by atoms with Crippen LogP contribution in [-0.2, 0) is 22.6 Å². The van der Waals surface area contributed by atoms with Crippen LogP contribution in [0.15, 0.2) is 53.5 Å². The quantitative estimate of drug-likeness (QED) is 0.419. The van der Waals surface area contributed by atoms with Gasteiger partial charge in [-0.2, -0.15) is 0 Å². The van der Waals surface area contributed by atoms with E-state index in [0.717, 1.165) is 44.4 Å². The van der Waals surface area contributed by atoms with Gasteiger partial charge < -0.3 is 24.0 Å². The third-order valence-corrected chi connectivity index (χ3v) is 8.96. The van der Waals surface area contributed by atoms with E-state index in [1.54, 1.807) is 12.0 Å². The molecule has 6 rings (SSSR count). The number of ether oxygens (including phenoxy) is 1. The van der Waals surface area contributed by atoms with Crippen LogP contribution in [0.3, 0.4) is 0 Å². The summed E-state index contributed by atoms with van der Waals surface area (Å²) >= 11 is 3.58. The molecule has 0 aliphatic carbocycles. The SMILES string of the molecule is C=CC(=O)N1CC(N2CC[C@@H](n3c(C)c(C(=O)N4CCc5c(cccc5OC)C4)c4cc(Br)ccc43)C2=O)C1. The van der Waals surface area contributed by atoms with Crippen molar-refractivity contribution in [2.45, 2.75) is 38.4 Å². The molecule has 2 aromatic carbocycles. The maximum absolute atomic E-state index is 14.1. The van der Waals surface area contributed by atoms with Gasteiger partial charge in [-0.15, -0.1) is 0 Å². The third kappa shape index (κ3) is 4.14. The largest absolute Gasteiger partial charge is 0.496 e. The highest BCUT2D eigenvalue weighted by Crippen LogP contribution is 2.38. The molecule has 0 radical (unpaired) electrons. The lowest BCUT2D eigenvalue weighted by molar-refractivity contribution is -0.142. The summed E-state index contributed by atoms with van der Waals surface area (Å²) in [5, 5.41) is 0.848. The Labute approximate surface area is 235 Å². The van der Waals surface area contributed by atoms with Crippen molar-refractivity contribution in [1.29, 1.82) is 0 Å². The number of aromatic nitrogens is 1. The van der Waals surface area contributed by atoms with Crippen LogP contribution in [0.4, 0.5) is 0 Å². The highest BCUT2D eigenvalue weighted by atomic mass is 79.9. The van der Waals surface area contributed by atoms with Crippen LogP contribution < -0.4 is 4.74 Å². The highest BCUT2D eigenvalue weighted by molar-refractivity contribution is 9.10. The van der Waals surface area contributed by atoms with Gasteiger partial charge in [0, 0.05) is 59.4 Å². The van der Waals surface area contributed by atoms with Crippen LogP contribution in [0.1, 0.15) is 39.6 Å². The molecule has 202 valence electrons. The van der Waals surface area contributed by atoms with Crippen molar-refractivity contribution < 1.29 is 19.1 Å². The number of benzene rings is 2. The molecule has 4 heterocycles. The van der Waals surface area contributed by atoms with Gasteiger partial charge in [-0.3, -0.25) is 14.4 Å². The molecule has 2 saturated heterocycles. The standard InChI is InChI=1S/C30H31BrN4O4/c1-4-27(36)33-16-21(17-33)34-13-11-25(29(34)37)35-18(2)28(23-14-20(31)8-9-24(23)35)30(38)32-12-10-22-19(15-32)6-5-7-26(22)39-3/h4-9,14,21,25H,1,10-13,15-17H2,2-3H3/t25-/m1/s1. The minimum Gasteiger partial charge on any atom is -0.496 e. The summed E-state index contributed by atoms with van der Waals surface area (Å²) in [6.07, 6.45) is 2.71. The molecule has 0 saturated carbocycles. The number of nitrogens with zero attached hydrogens (tertiary/aromatic N) is 4. The van der Waals surface area contributed by atoms with E-state index >= 15 is 0 Å². The first kappa shape index (κ1) is 25.7. The molecule has 3 aliphatic heterocycles. The Kier molecular flexibility index (Phi) is 6.49. The first-order chi connectivity index (χ1) is 18.8. The Morgan fingerprint density at radius 1 is 1.13 bits per heavy atom. The van der Waals surface area contributed by atoms with Crippen molar-refractivity contribution in [3.05, 3.63) is 75.9 Å². The van der Waals surface area contributed by atoms with Gasteiger partial charge in [0.15, 0.2) is 0 Å². The second kappa shape index (κ2) is 9.86. The van der Waals surface area contributed by atoms with Crippen LogP contribution >= 0.6 is 15.9 Å². The molecule has 9 heteroatoms. The molecule has 0 spiro atoms. The van der Waals surface area contributed by atoms with Crippen molar-refractivity contribution in [2.75, 3.05) is 33.3 Å². The average molecular weight is 592 g/mol. The number of carbonyl (C=O) groups is 3. The number of amides is 3. The zero-order valence-electron chi connectivity index (χ0n) is 22.2. The number of hydrogen-bond donors (Lipinski definition) is 0. The second-order valence-corrected chi connectivity index (χ2v) is 11.4. The van der Waals surface area contributed by atoms with Crippen molar-refractivity contribution in [2.24, 2.45) is 0 Å². The summed E-state index contributed by atoms with van der Waals surface area (Å²) < 4.78 is 8.49. The van der Waals surface area contributed by atoms with E-state index in [9.17, 15) is 14.4 Å². The predicted octanol–water partition coefficient (Wildman–Crippen LogP) is 4.09. The monoisotopic (exact) mass is 590 g/mol. The van der Waals surface area contributed by atoms with E-state index in [1.165, 1.54) is 6.08 Å². The highest BCUT2D eigenvalue weighted by Gasteiger charge is 2.43. The summed E-state index contributed by atoms with van der Waals surface area (Å²) in [6.45, 7) is 8.32. The molecule has 0 unspecified atom stereocenters. The van der Waals surface area contributed by atoms with Gasteiger partial charge in [0.25, 0.3) is 5.91 Å². The molecule has 0 N–H and O–H groups in total. The van der Waals surface area contributed by atoms with Gasteiger partial charge in [0.2, 0.25) is 11.8 Å². The van der Waals surface area contributed by atoms with E-state index in [1.807, 2.05) is 47.1 Å². The molecule has 0 bridgehead atoms. The Morgan fingerprint density at radius 2 is 1.92 bits per heavy atom. The number of fused-ring (bicyclic) bond motifs is 2. The van der Waals surface area contributed by atoms with E-state index < -0.39 is 0 Å². The lowest BCUT2D eigenvalue weighted by Crippen LogP contribution is -2.61. The molecule has 3 aromatic rings. The normalized spacial score (nSPS) is 19.3. The molecular formula is C30H31BrN4O4. The van der Waals surface area contributed by atoms with Crippen LogP contribution in [0.25, 0.3) is 10.9 Å². The van der Waals surface area contributed by atoms with E-state index in [0.29, 0.717) is 44.7 Å². The maximum Gasteiger partial charge on any atom is 0.256 e. The van der Waals surface area contributed by atoms with Crippen LogP contribution in [0.5, 0.6) is 5.75 Å². The van der Waals surface area contributed by atoms with Crippen molar-refractivity contribution in [3.8, 4) is 5.75 Å². The predicted molar refractivity (Wildman–Crippen MR) is 152 cm³/mol. The topological polar surface area (TPSA) is 75.1 Å². The number of carbonyl (C=O) groups excluding carboxylic acids is 3. The Morgan fingerprint density at radius 3 is 2.67 bits per heavy atom. The Bertz CT molecular complexity index is 1520. The smallest absolute Gasteiger partial charge is 0.256 e. The minimum atomic E-state index is -0.384. The fourth-order valence-corrected chi connectivity index (χ4v) is 6.79. The van der Waals surface area contributed by atoms with Crippen molar-refractivity contribution in [3.63, 3.8) is 0 Å². The van der Waals surface area contributed by atoms with Crippen LogP contribution in [0.2, 0.25) is 0 Å². The van der Waals surface area contributed by atoms with Crippen LogP contribution in [-0.4, -0.2) is 76.3 Å². The summed E-state index contributed by atoms with van der Waals surface area (Å²) in [5.74, 6) is 0.785. The molecule has 1 atom stereocenters. The number of methoxy groups -OCH3 is 1. The zero-order valence-corrected chi connectivity index (χ0v) is 23.7.